The molecular weight excluding hydrogens is 518 g/mol. The van der Waals surface area contributed by atoms with Gasteiger partial charge in [-0.3, -0.25) is 9.36 Å². The summed E-state index contributed by atoms with van der Waals surface area (Å²) in [4.78, 5) is 12.6. The standard InChI is InChI=1S/C28H29N5O5S/c1-18-6-8-20(9-7-18)27-31-32-28(33(27)21-10-12-22(35-2)13-11-21)39-17-25(34)30-29-16-19-14-23(36-3)26(38-5)24(15-19)37-4/h6-16H,17H2,1-5H3,(H,30,34)/b29-16+. The van der Waals surface area contributed by atoms with Crippen LogP contribution in [0.1, 0.15) is 11.1 Å². The molecule has 1 N–H and O–H groups in total. The van der Waals surface area contributed by atoms with E-state index in [-0.39, 0.29) is 11.7 Å². The number of aryl methyl sites for hydroxylation is 1. The second-order valence-corrected chi connectivity index (χ2v) is 9.19. The lowest BCUT2D eigenvalue weighted by atomic mass is 10.1. The average Bonchev–Trinajstić information content (AvgIpc) is 3.39. The van der Waals surface area contributed by atoms with Crippen molar-refractivity contribution >= 4 is 23.9 Å². The zero-order valence-electron chi connectivity index (χ0n) is 22.3. The highest BCUT2D eigenvalue weighted by Crippen LogP contribution is 2.37. The summed E-state index contributed by atoms with van der Waals surface area (Å²) in [6.45, 7) is 2.03. The molecule has 0 aliphatic carbocycles. The van der Waals surface area contributed by atoms with Gasteiger partial charge in [-0.05, 0) is 43.3 Å². The molecule has 0 saturated carbocycles. The molecule has 0 unspecified atom stereocenters. The monoisotopic (exact) mass is 547 g/mol. The number of ether oxygens (including phenoxy) is 4. The number of nitrogens with zero attached hydrogens (tertiary/aromatic N) is 4. The van der Waals surface area contributed by atoms with Gasteiger partial charge in [0.1, 0.15) is 5.75 Å². The van der Waals surface area contributed by atoms with E-state index in [9.17, 15) is 4.79 Å². The quantitative estimate of drug-likeness (QED) is 0.166. The van der Waals surface area contributed by atoms with Gasteiger partial charge in [-0.1, -0.05) is 41.6 Å². The van der Waals surface area contributed by atoms with E-state index in [1.54, 1.807) is 19.2 Å². The molecule has 1 heterocycles. The van der Waals surface area contributed by atoms with Crippen molar-refractivity contribution in [1.82, 2.24) is 20.2 Å². The van der Waals surface area contributed by atoms with Gasteiger partial charge in [0.05, 0.1) is 40.4 Å². The number of nitrogens with one attached hydrogen (secondary N) is 1. The lowest BCUT2D eigenvalue weighted by molar-refractivity contribution is -0.118. The van der Waals surface area contributed by atoms with Crippen LogP contribution < -0.4 is 24.4 Å². The molecule has 0 radical (unpaired) electrons. The summed E-state index contributed by atoms with van der Waals surface area (Å²) >= 11 is 1.26. The first-order valence-electron chi connectivity index (χ1n) is 11.9. The fourth-order valence-electron chi connectivity index (χ4n) is 3.73. The van der Waals surface area contributed by atoms with E-state index in [1.165, 1.54) is 39.3 Å². The summed E-state index contributed by atoms with van der Waals surface area (Å²) < 4.78 is 23.3. The number of benzene rings is 3. The molecule has 0 bridgehead atoms. The molecule has 202 valence electrons. The predicted octanol–water partition coefficient (Wildman–Crippen LogP) is 4.52. The van der Waals surface area contributed by atoms with Crippen LogP contribution in [0.2, 0.25) is 0 Å². The number of thioether (sulfide) groups is 1. The number of carbonyl (C=O) groups is 1. The number of aromatic nitrogens is 3. The normalized spacial score (nSPS) is 10.9. The molecule has 4 rings (SSSR count). The number of hydrogen-bond donors (Lipinski definition) is 1. The van der Waals surface area contributed by atoms with Gasteiger partial charge in [0.25, 0.3) is 5.91 Å². The van der Waals surface area contributed by atoms with Gasteiger partial charge in [-0.2, -0.15) is 5.10 Å². The fourth-order valence-corrected chi connectivity index (χ4v) is 4.48. The third-order valence-electron chi connectivity index (χ3n) is 5.70. The van der Waals surface area contributed by atoms with E-state index in [4.69, 9.17) is 18.9 Å². The Morgan fingerprint density at radius 3 is 2.18 bits per heavy atom. The third kappa shape index (κ3) is 6.50. The minimum Gasteiger partial charge on any atom is -0.497 e. The van der Waals surface area contributed by atoms with Crippen molar-refractivity contribution in [2.75, 3.05) is 34.2 Å². The fraction of sp³-hybridized carbons (Fsp3) is 0.214. The summed E-state index contributed by atoms with van der Waals surface area (Å²) in [6, 6.07) is 19.1. The van der Waals surface area contributed by atoms with Crippen molar-refractivity contribution in [3.05, 3.63) is 71.8 Å². The maximum absolute atomic E-state index is 12.6. The van der Waals surface area contributed by atoms with E-state index in [2.05, 4.69) is 20.7 Å². The molecule has 0 fully saturated rings. The SMILES string of the molecule is COc1ccc(-n2c(SCC(=O)N/N=C/c3cc(OC)c(OC)c(OC)c3)nnc2-c2ccc(C)cc2)cc1. The van der Waals surface area contributed by atoms with Crippen molar-refractivity contribution in [3.63, 3.8) is 0 Å². The zero-order valence-corrected chi connectivity index (χ0v) is 23.1. The molecule has 0 atom stereocenters. The van der Waals surface area contributed by atoms with Crippen molar-refractivity contribution in [1.29, 1.82) is 0 Å². The van der Waals surface area contributed by atoms with Crippen LogP contribution in [0.3, 0.4) is 0 Å². The van der Waals surface area contributed by atoms with Crippen molar-refractivity contribution in [2.24, 2.45) is 5.10 Å². The van der Waals surface area contributed by atoms with Crippen LogP contribution in [0.5, 0.6) is 23.0 Å². The van der Waals surface area contributed by atoms with Crippen LogP contribution in [0.25, 0.3) is 17.1 Å². The Morgan fingerprint density at radius 2 is 1.59 bits per heavy atom. The molecule has 0 aliphatic rings. The van der Waals surface area contributed by atoms with Crippen LogP contribution >= 0.6 is 11.8 Å². The van der Waals surface area contributed by atoms with Crippen LogP contribution in [0, 0.1) is 6.92 Å². The molecule has 1 amide bonds. The van der Waals surface area contributed by atoms with Gasteiger partial charge in [0, 0.05) is 16.8 Å². The van der Waals surface area contributed by atoms with Gasteiger partial charge < -0.3 is 18.9 Å². The number of amides is 1. The third-order valence-corrected chi connectivity index (χ3v) is 6.62. The number of hydrazone groups is 1. The Balaban J connectivity index is 1.50. The van der Waals surface area contributed by atoms with Crippen molar-refractivity contribution < 1.29 is 23.7 Å². The minimum atomic E-state index is -0.301. The van der Waals surface area contributed by atoms with Crippen molar-refractivity contribution in [3.8, 4) is 40.1 Å². The van der Waals surface area contributed by atoms with Gasteiger partial charge in [0.2, 0.25) is 5.75 Å². The van der Waals surface area contributed by atoms with Crippen LogP contribution in [-0.2, 0) is 4.79 Å². The molecule has 39 heavy (non-hydrogen) atoms. The Kier molecular flexibility index (Phi) is 9.06. The highest BCUT2D eigenvalue weighted by Gasteiger charge is 2.18. The van der Waals surface area contributed by atoms with Gasteiger partial charge in [0.15, 0.2) is 22.5 Å². The molecule has 1 aromatic heterocycles. The first-order chi connectivity index (χ1) is 19.0. The van der Waals surface area contributed by atoms with Gasteiger partial charge in [-0.15, -0.1) is 10.2 Å². The Hall–Kier alpha value is -4.51. The summed E-state index contributed by atoms with van der Waals surface area (Å²) in [5.74, 6) is 2.64. The summed E-state index contributed by atoms with van der Waals surface area (Å²) in [5.41, 5.74) is 6.12. The lowest BCUT2D eigenvalue weighted by Gasteiger charge is -2.12. The molecule has 0 saturated heterocycles. The Labute approximate surface area is 231 Å². The molecular formula is C28H29N5O5S. The van der Waals surface area contributed by atoms with E-state index >= 15 is 0 Å². The van der Waals surface area contributed by atoms with Crippen LogP contribution in [0.15, 0.2) is 70.9 Å². The van der Waals surface area contributed by atoms with Crippen LogP contribution in [-0.4, -0.2) is 61.1 Å². The molecule has 0 aliphatic heterocycles. The molecule has 3 aromatic carbocycles. The van der Waals surface area contributed by atoms with E-state index in [1.807, 2.05) is 60.0 Å². The van der Waals surface area contributed by atoms with E-state index in [0.29, 0.717) is 33.8 Å². The topological polar surface area (TPSA) is 109 Å². The first kappa shape index (κ1) is 27.5. The molecule has 0 spiro atoms. The smallest absolute Gasteiger partial charge is 0.250 e. The van der Waals surface area contributed by atoms with Crippen molar-refractivity contribution in [2.45, 2.75) is 12.1 Å². The second-order valence-electron chi connectivity index (χ2n) is 8.25. The molecule has 4 aromatic rings. The minimum absolute atomic E-state index is 0.0782. The average molecular weight is 548 g/mol. The highest BCUT2D eigenvalue weighted by atomic mass is 32.2. The largest absolute Gasteiger partial charge is 0.497 e. The zero-order chi connectivity index (χ0) is 27.8. The molecule has 10 nitrogen and oxygen atoms in total. The summed E-state index contributed by atoms with van der Waals surface area (Å²) in [5, 5.41) is 13.4. The molecule has 11 heteroatoms. The maximum atomic E-state index is 12.6. The van der Waals surface area contributed by atoms with E-state index < -0.39 is 0 Å². The number of methoxy groups -OCH3 is 4. The maximum Gasteiger partial charge on any atom is 0.250 e. The highest BCUT2D eigenvalue weighted by molar-refractivity contribution is 7.99. The van der Waals surface area contributed by atoms with Crippen LogP contribution in [0.4, 0.5) is 0 Å². The lowest BCUT2D eigenvalue weighted by Crippen LogP contribution is -2.20. The number of rotatable bonds is 11. The Bertz CT molecular complexity index is 1430. The van der Waals surface area contributed by atoms with Gasteiger partial charge >= 0.3 is 0 Å². The Morgan fingerprint density at radius 1 is 0.923 bits per heavy atom. The predicted molar refractivity (Wildman–Crippen MR) is 151 cm³/mol. The summed E-state index contributed by atoms with van der Waals surface area (Å²) in [6.07, 6.45) is 1.50. The second kappa shape index (κ2) is 12.8. The summed E-state index contributed by atoms with van der Waals surface area (Å²) in [7, 11) is 6.22. The first-order valence-corrected chi connectivity index (χ1v) is 12.9. The number of carbonyl (C=O) groups excluding carboxylic acids is 1. The number of hydrogen-bond acceptors (Lipinski definition) is 9. The van der Waals surface area contributed by atoms with Gasteiger partial charge in [-0.25, -0.2) is 5.43 Å². The van der Waals surface area contributed by atoms with E-state index in [0.717, 1.165) is 22.6 Å².